The number of aryl methyl sites for hydroxylation is 4. The van der Waals surface area contributed by atoms with Crippen LogP contribution in [0, 0.1) is 27.7 Å². The van der Waals surface area contributed by atoms with Crippen LogP contribution in [-0.2, 0) is 0 Å². The number of fused-ring (bicyclic) bond motifs is 3. The number of nitrogens with zero attached hydrogens (tertiary/aromatic N) is 1. The number of benzene rings is 4. The van der Waals surface area contributed by atoms with Gasteiger partial charge in [0.05, 0.1) is 12.8 Å². The van der Waals surface area contributed by atoms with Crippen molar-refractivity contribution >= 4 is 33.9 Å². The number of hydrogen-bond donors (Lipinski definition) is 0. The van der Waals surface area contributed by atoms with Gasteiger partial charge in [0.1, 0.15) is 17.2 Å². The van der Waals surface area contributed by atoms with Gasteiger partial charge in [0.15, 0.2) is 0 Å². The molecule has 0 saturated heterocycles. The number of para-hydroxylation sites is 1. The lowest BCUT2D eigenvalue weighted by Gasteiger charge is -2.30. The van der Waals surface area contributed by atoms with E-state index in [1.165, 1.54) is 32.9 Å². The highest BCUT2D eigenvalue weighted by Crippen LogP contribution is 2.39. The molecule has 0 aliphatic carbocycles. The molecule has 0 amide bonds. The normalized spacial score (nSPS) is 12.2. The second-order valence-electron chi connectivity index (χ2n) is 9.76. The third-order valence-electron chi connectivity index (χ3n) is 7.42. The van der Waals surface area contributed by atoms with Gasteiger partial charge in [-0.15, -0.1) is 0 Å². The van der Waals surface area contributed by atoms with Crippen LogP contribution in [0.15, 0.2) is 79.0 Å². The van der Waals surface area contributed by atoms with Crippen LogP contribution in [0.25, 0.3) is 22.0 Å². The Morgan fingerprint density at radius 1 is 0.778 bits per heavy atom. The molecule has 0 fully saturated rings. The van der Waals surface area contributed by atoms with Gasteiger partial charge in [-0.1, -0.05) is 76.8 Å². The largest absolute Gasteiger partial charge is 0.496 e. The van der Waals surface area contributed by atoms with Crippen LogP contribution in [0.1, 0.15) is 22.3 Å². The number of ether oxygens (including phenoxy) is 2. The van der Waals surface area contributed by atoms with Crippen molar-refractivity contribution in [3.05, 3.63) is 101 Å². The summed E-state index contributed by atoms with van der Waals surface area (Å²) in [6.45, 7) is 8.70. The fourth-order valence-corrected chi connectivity index (χ4v) is 6.02. The van der Waals surface area contributed by atoms with E-state index in [-0.39, 0.29) is 6.71 Å². The first-order valence-electron chi connectivity index (χ1n) is 12.4. The summed E-state index contributed by atoms with van der Waals surface area (Å²) in [5.74, 6) is 2.59. The highest BCUT2D eigenvalue weighted by molar-refractivity contribution is 6.98. The molecule has 0 atom stereocenters. The maximum atomic E-state index is 6.51. The highest BCUT2D eigenvalue weighted by atomic mass is 16.5. The van der Waals surface area contributed by atoms with Crippen molar-refractivity contribution in [2.24, 2.45) is 0 Å². The molecular formula is C32H28BNO2. The summed E-state index contributed by atoms with van der Waals surface area (Å²) in [5, 5.41) is 2.35. The van der Waals surface area contributed by atoms with E-state index in [1.54, 1.807) is 7.11 Å². The molecule has 0 N–H and O–H groups in total. The van der Waals surface area contributed by atoms with Gasteiger partial charge in [0, 0.05) is 11.8 Å². The lowest BCUT2D eigenvalue weighted by molar-refractivity contribution is 0.414. The van der Waals surface area contributed by atoms with Crippen LogP contribution in [0.5, 0.6) is 17.2 Å². The van der Waals surface area contributed by atoms with Crippen molar-refractivity contribution in [1.29, 1.82) is 0 Å². The second-order valence-corrected chi connectivity index (χ2v) is 9.76. The van der Waals surface area contributed by atoms with Crippen LogP contribution >= 0.6 is 0 Å². The Bertz CT molecular complexity index is 1630. The topological polar surface area (TPSA) is 31.4 Å². The van der Waals surface area contributed by atoms with Gasteiger partial charge in [-0.2, -0.15) is 0 Å². The van der Waals surface area contributed by atoms with E-state index >= 15 is 0 Å². The molecule has 0 saturated carbocycles. The molecule has 3 nitrogen and oxygen atoms in total. The van der Waals surface area contributed by atoms with Gasteiger partial charge < -0.3 is 9.47 Å². The van der Waals surface area contributed by atoms with E-state index in [0.29, 0.717) is 0 Å². The first-order chi connectivity index (χ1) is 17.5. The van der Waals surface area contributed by atoms with Crippen molar-refractivity contribution < 1.29 is 9.47 Å². The van der Waals surface area contributed by atoms with Gasteiger partial charge in [0.2, 0.25) is 0 Å². The SMILES string of the molecule is COc1c(-c2nccc3c2B(c2c(C)cc(C)cc2C)c2ccccc2O3)cc2ccccc2c1C. The number of aromatic nitrogens is 1. The molecule has 0 bridgehead atoms. The average molecular weight is 469 g/mol. The fraction of sp³-hybridized carbons (Fsp3) is 0.156. The summed E-state index contributed by atoms with van der Waals surface area (Å²) >= 11 is 0. The molecular weight excluding hydrogens is 441 g/mol. The minimum Gasteiger partial charge on any atom is -0.496 e. The summed E-state index contributed by atoms with van der Waals surface area (Å²) in [4.78, 5) is 4.98. The highest BCUT2D eigenvalue weighted by Gasteiger charge is 2.37. The Hall–Kier alpha value is -4.05. The van der Waals surface area contributed by atoms with Crippen LogP contribution in [0.2, 0.25) is 0 Å². The number of rotatable bonds is 3. The Balaban J connectivity index is 1.71. The number of hydrogen-bond acceptors (Lipinski definition) is 3. The Morgan fingerprint density at radius 2 is 1.50 bits per heavy atom. The van der Waals surface area contributed by atoms with Crippen molar-refractivity contribution in [2.75, 3.05) is 7.11 Å². The fourth-order valence-electron chi connectivity index (χ4n) is 6.02. The molecule has 4 heteroatoms. The van der Waals surface area contributed by atoms with Crippen LogP contribution in [-0.4, -0.2) is 18.8 Å². The second kappa shape index (κ2) is 8.56. The van der Waals surface area contributed by atoms with E-state index in [4.69, 9.17) is 14.5 Å². The summed E-state index contributed by atoms with van der Waals surface area (Å²) in [6, 6.07) is 25.6. The van der Waals surface area contributed by atoms with E-state index in [1.807, 2.05) is 18.3 Å². The van der Waals surface area contributed by atoms with Crippen LogP contribution < -0.4 is 25.9 Å². The lowest BCUT2D eigenvalue weighted by Crippen LogP contribution is -2.57. The molecule has 0 spiro atoms. The standard InChI is InChI=1S/C32H28BNO2/c1-19-16-20(2)29(21(3)17-19)33-26-12-8-9-13-27(26)36-28-14-15-34-31(30(28)33)25-18-23-10-6-7-11-24(23)22(4)32(25)35-5/h6-18H,1-5H3. The van der Waals surface area contributed by atoms with Gasteiger partial charge in [-0.25, -0.2) is 0 Å². The minimum absolute atomic E-state index is 0.00858. The molecule has 0 radical (unpaired) electrons. The molecule has 176 valence electrons. The van der Waals surface area contributed by atoms with Gasteiger partial charge in [-0.05, 0) is 73.2 Å². The summed E-state index contributed by atoms with van der Waals surface area (Å²) < 4.78 is 12.5. The van der Waals surface area contributed by atoms with E-state index in [0.717, 1.165) is 45.0 Å². The molecule has 0 unspecified atom stereocenters. The molecule has 1 aromatic heterocycles. The smallest absolute Gasteiger partial charge is 0.254 e. The monoisotopic (exact) mass is 469 g/mol. The van der Waals surface area contributed by atoms with E-state index < -0.39 is 0 Å². The molecule has 36 heavy (non-hydrogen) atoms. The van der Waals surface area contributed by atoms with Crippen molar-refractivity contribution in [3.63, 3.8) is 0 Å². The summed E-state index contributed by atoms with van der Waals surface area (Å²) in [6.07, 6.45) is 1.85. The predicted molar refractivity (Wildman–Crippen MR) is 150 cm³/mol. The van der Waals surface area contributed by atoms with Crippen molar-refractivity contribution in [2.45, 2.75) is 27.7 Å². The first-order valence-corrected chi connectivity index (χ1v) is 12.4. The molecule has 1 aliphatic heterocycles. The zero-order valence-corrected chi connectivity index (χ0v) is 21.3. The molecule has 4 aromatic carbocycles. The van der Waals surface area contributed by atoms with E-state index in [9.17, 15) is 0 Å². The van der Waals surface area contributed by atoms with E-state index in [2.05, 4.69) is 88.4 Å². The van der Waals surface area contributed by atoms with Gasteiger partial charge in [0.25, 0.3) is 6.71 Å². The Kier molecular flexibility index (Phi) is 5.33. The minimum atomic E-state index is -0.00858. The van der Waals surface area contributed by atoms with Gasteiger partial charge >= 0.3 is 0 Å². The maximum absolute atomic E-state index is 6.51. The molecule has 6 rings (SSSR count). The molecule has 1 aliphatic rings. The molecule has 2 heterocycles. The zero-order chi connectivity index (χ0) is 25.0. The Labute approximate surface area is 212 Å². The lowest BCUT2D eigenvalue weighted by atomic mass is 9.34. The third kappa shape index (κ3) is 3.40. The van der Waals surface area contributed by atoms with Gasteiger partial charge in [-0.3, -0.25) is 4.98 Å². The maximum Gasteiger partial charge on any atom is 0.254 e. The van der Waals surface area contributed by atoms with Crippen LogP contribution in [0.3, 0.4) is 0 Å². The number of methoxy groups -OCH3 is 1. The van der Waals surface area contributed by atoms with Crippen LogP contribution in [0.4, 0.5) is 0 Å². The zero-order valence-electron chi connectivity index (χ0n) is 21.3. The van der Waals surface area contributed by atoms with Crippen molar-refractivity contribution in [3.8, 4) is 28.5 Å². The Morgan fingerprint density at radius 3 is 2.28 bits per heavy atom. The third-order valence-corrected chi connectivity index (χ3v) is 7.42. The number of pyridine rings is 1. The molecule has 5 aromatic rings. The quantitative estimate of drug-likeness (QED) is 0.309. The average Bonchev–Trinajstić information content (AvgIpc) is 2.87. The predicted octanol–water partition coefficient (Wildman–Crippen LogP) is 5.77. The summed E-state index contributed by atoms with van der Waals surface area (Å²) in [5.41, 5.74) is 10.4. The van der Waals surface area contributed by atoms with Crippen molar-refractivity contribution in [1.82, 2.24) is 4.98 Å². The summed E-state index contributed by atoms with van der Waals surface area (Å²) in [7, 11) is 1.74. The first kappa shape index (κ1) is 22.4.